The van der Waals surface area contributed by atoms with Crippen LogP contribution in [-0.2, 0) is 27.2 Å². The van der Waals surface area contributed by atoms with Crippen LogP contribution in [0.1, 0.15) is 95.1 Å². The molecule has 1 aliphatic heterocycles. The maximum atomic E-state index is 12.3. The predicted octanol–water partition coefficient (Wildman–Crippen LogP) is 6.43. The van der Waals surface area contributed by atoms with Gasteiger partial charge >= 0.3 is 5.97 Å². The quantitative estimate of drug-likeness (QED) is 0.145. The molecule has 2 aromatic rings. The number of aliphatic carboxylic acids is 1. The molecule has 2 atom stereocenters. The van der Waals surface area contributed by atoms with Gasteiger partial charge < -0.3 is 34.0 Å². The van der Waals surface area contributed by atoms with Crippen molar-refractivity contribution >= 4 is 11.9 Å². The van der Waals surface area contributed by atoms with Gasteiger partial charge in [-0.2, -0.15) is 0 Å². The lowest BCUT2D eigenvalue weighted by Gasteiger charge is -2.17. The van der Waals surface area contributed by atoms with E-state index in [4.69, 9.17) is 18.9 Å². The molecule has 1 heterocycles. The average molecular weight is 600 g/mol. The van der Waals surface area contributed by atoms with Gasteiger partial charge in [-0.1, -0.05) is 83.3 Å². The molecule has 1 saturated heterocycles. The number of ether oxygens (including phenoxy) is 4. The number of unbranched alkanes of at least 4 members (excludes halogenated alkanes) is 10. The number of cyclic esters (lactones) is 1. The number of rotatable bonds is 19. The second kappa shape index (κ2) is 20.5. The van der Waals surface area contributed by atoms with Crippen molar-refractivity contribution in [2.45, 2.75) is 96.8 Å². The van der Waals surface area contributed by atoms with Gasteiger partial charge in [-0.15, -0.1) is 0 Å². The summed E-state index contributed by atoms with van der Waals surface area (Å²) in [5.41, 5.74) is 1.98. The molecule has 43 heavy (non-hydrogen) atoms. The fourth-order valence-electron chi connectivity index (χ4n) is 5.40. The van der Waals surface area contributed by atoms with Crippen LogP contribution in [0.15, 0.2) is 36.4 Å². The van der Waals surface area contributed by atoms with Gasteiger partial charge in [-0.3, -0.25) is 4.79 Å². The fraction of sp³-hybridized carbons (Fsp3) is 0.600. The van der Waals surface area contributed by atoms with Gasteiger partial charge in [-0.05, 0) is 61.1 Å². The molecule has 0 spiro atoms. The van der Waals surface area contributed by atoms with Crippen molar-refractivity contribution in [3.8, 4) is 23.0 Å². The molecule has 0 saturated carbocycles. The molecule has 8 nitrogen and oxygen atoms in total. The highest BCUT2D eigenvalue weighted by molar-refractivity contribution is 5.75. The molecule has 1 aliphatic rings. The number of hydrogen-bond donors (Lipinski definition) is 1. The van der Waals surface area contributed by atoms with Crippen molar-refractivity contribution in [2.75, 3.05) is 27.9 Å². The summed E-state index contributed by atoms with van der Waals surface area (Å²) in [7, 11) is 4.70. The number of carbonyl (C=O) groups excluding carboxylic acids is 2. The molecule has 8 heteroatoms. The molecule has 0 aromatic heterocycles. The highest BCUT2D eigenvalue weighted by atomic mass is 16.5. The number of phenolic OH excluding ortho intramolecular Hbond substituents is 1. The second-order valence-electron chi connectivity index (χ2n) is 11.3. The van der Waals surface area contributed by atoms with Crippen LogP contribution in [-0.4, -0.2) is 45.0 Å². The Balaban J connectivity index is 0.000000347. The smallest absolute Gasteiger partial charge is 0.309 e. The molecule has 3 rings (SSSR count). The van der Waals surface area contributed by atoms with Crippen LogP contribution >= 0.6 is 0 Å². The van der Waals surface area contributed by atoms with Crippen molar-refractivity contribution in [1.29, 1.82) is 0 Å². The van der Waals surface area contributed by atoms with E-state index < -0.39 is 5.97 Å². The minimum absolute atomic E-state index is 0.0652. The molecule has 0 amide bonds. The zero-order valence-corrected chi connectivity index (χ0v) is 26.5. The molecule has 2 aromatic carbocycles. The summed E-state index contributed by atoms with van der Waals surface area (Å²) in [5.74, 6) is 0.548. The Kier molecular flexibility index (Phi) is 17.0. The van der Waals surface area contributed by atoms with Crippen LogP contribution in [0.3, 0.4) is 0 Å². The number of methoxy groups -OCH3 is 3. The van der Waals surface area contributed by atoms with Gasteiger partial charge in [0.15, 0.2) is 23.0 Å². The van der Waals surface area contributed by atoms with E-state index in [1.54, 1.807) is 32.4 Å². The number of benzene rings is 2. The van der Waals surface area contributed by atoms with Crippen LogP contribution in [0.5, 0.6) is 23.0 Å². The SMILES string of the molecule is CCCCCCCCCCCCCC(=O)[O-].COc1cc(C[C@H]2C(=O)OC[C@@H]2Cc2ccc(OC)c(OC)c2)ccc1O. The molecule has 0 radical (unpaired) electrons. The maximum absolute atomic E-state index is 12.3. The normalized spacial score (nSPS) is 15.8. The van der Waals surface area contributed by atoms with Crippen LogP contribution < -0.4 is 19.3 Å². The first kappa shape index (κ1) is 35.8. The van der Waals surface area contributed by atoms with Crippen molar-refractivity contribution in [3.63, 3.8) is 0 Å². The maximum Gasteiger partial charge on any atom is 0.309 e. The number of carboxylic acids is 1. The summed E-state index contributed by atoms with van der Waals surface area (Å²) in [5, 5.41) is 19.9. The monoisotopic (exact) mass is 599 g/mol. The number of aromatic hydroxyl groups is 1. The summed E-state index contributed by atoms with van der Waals surface area (Å²) in [6.45, 7) is 2.64. The first-order valence-corrected chi connectivity index (χ1v) is 15.8. The number of carboxylic acid groups (broad SMARTS) is 1. The fourth-order valence-corrected chi connectivity index (χ4v) is 5.40. The van der Waals surface area contributed by atoms with E-state index in [0.29, 0.717) is 36.7 Å². The van der Waals surface area contributed by atoms with Crippen LogP contribution in [0.4, 0.5) is 0 Å². The van der Waals surface area contributed by atoms with E-state index >= 15 is 0 Å². The zero-order chi connectivity index (χ0) is 31.5. The average Bonchev–Trinajstić information content (AvgIpc) is 3.34. The van der Waals surface area contributed by atoms with Crippen LogP contribution in [0.2, 0.25) is 0 Å². The van der Waals surface area contributed by atoms with Gasteiger partial charge in [0.05, 0.1) is 33.9 Å². The third-order valence-corrected chi connectivity index (χ3v) is 7.94. The molecule has 1 N–H and O–H groups in total. The number of hydrogen-bond acceptors (Lipinski definition) is 8. The predicted molar refractivity (Wildman–Crippen MR) is 166 cm³/mol. The van der Waals surface area contributed by atoms with E-state index in [-0.39, 0.29) is 30.0 Å². The van der Waals surface area contributed by atoms with Crippen molar-refractivity contribution in [2.24, 2.45) is 11.8 Å². The minimum Gasteiger partial charge on any atom is -0.550 e. The van der Waals surface area contributed by atoms with Gasteiger partial charge in [0.2, 0.25) is 0 Å². The summed E-state index contributed by atoms with van der Waals surface area (Å²) in [4.78, 5) is 22.4. The topological polar surface area (TPSA) is 114 Å². The lowest BCUT2D eigenvalue weighted by atomic mass is 9.85. The second-order valence-corrected chi connectivity index (χ2v) is 11.3. The summed E-state index contributed by atoms with van der Waals surface area (Å²) in [6, 6.07) is 10.9. The largest absolute Gasteiger partial charge is 0.550 e. The Hall–Kier alpha value is -3.42. The molecule has 0 aliphatic carbocycles. The molecule has 0 bridgehead atoms. The highest BCUT2D eigenvalue weighted by Crippen LogP contribution is 2.34. The number of carbonyl (C=O) groups is 2. The highest BCUT2D eigenvalue weighted by Gasteiger charge is 2.37. The van der Waals surface area contributed by atoms with E-state index in [2.05, 4.69) is 6.92 Å². The van der Waals surface area contributed by atoms with Crippen LogP contribution in [0.25, 0.3) is 0 Å². The Morgan fingerprint density at radius 1 is 0.791 bits per heavy atom. The number of esters is 1. The minimum atomic E-state index is -0.907. The first-order valence-electron chi connectivity index (χ1n) is 15.8. The van der Waals surface area contributed by atoms with Gasteiger partial charge in [0.1, 0.15) is 0 Å². The van der Waals surface area contributed by atoms with E-state index in [1.807, 2.05) is 18.2 Å². The summed E-state index contributed by atoms with van der Waals surface area (Å²) < 4.78 is 21.1. The molecule has 0 unspecified atom stereocenters. The summed E-state index contributed by atoms with van der Waals surface area (Å²) in [6.07, 6.45) is 15.3. The standard InChI is InChI=1S/C21H24O6.C14H28O2/c1-24-18-7-5-13(11-20(18)26-3)8-15-12-27-21(23)16(15)9-14-4-6-17(22)19(10-14)25-2;1-2-3-4-5-6-7-8-9-10-11-12-13-14(15)16/h4-7,10-11,15-16,22H,8-9,12H2,1-3H3;2-13H2,1H3,(H,15,16)/p-1/t15-,16+;/m0./s1. The van der Waals surface area contributed by atoms with Crippen LogP contribution in [0, 0.1) is 11.8 Å². The lowest BCUT2D eigenvalue weighted by molar-refractivity contribution is -0.305. The molecular formula is C35H51O8-. The zero-order valence-electron chi connectivity index (χ0n) is 26.5. The lowest BCUT2D eigenvalue weighted by Crippen LogP contribution is -2.21. The van der Waals surface area contributed by atoms with E-state index in [9.17, 15) is 19.8 Å². The van der Waals surface area contributed by atoms with Crippen molar-refractivity contribution < 1.29 is 38.7 Å². The van der Waals surface area contributed by atoms with Crippen molar-refractivity contribution in [3.05, 3.63) is 47.5 Å². The first-order chi connectivity index (χ1) is 20.8. The van der Waals surface area contributed by atoms with Gasteiger partial charge in [0, 0.05) is 11.9 Å². The third-order valence-electron chi connectivity index (χ3n) is 7.94. The molecule has 240 valence electrons. The molecule has 1 fully saturated rings. The van der Waals surface area contributed by atoms with E-state index in [0.717, 1.165) is 24.0 Å². The Morgan fingerprint density at radius 2 is 1.33 bits per heavy atom. The Morgan fingerprint density at radius 3 is 1.91 bits per heavy atom. The Bertz CT molecular complexity index is 1100. The number of phenols is 1. The van der Waals surface area contributed by atoms with Crippen molar-refractivity contribution in [1.82, 2.24) is 0 Å². The molecular weight excluding hydrogens is 548 g/mol. The van der Waals surface area contributed by atoms with E-state index in [1.165, 1.54) is 64.9 Å². The Labute approximate surface area is 257 Å². The summed E-state index contributed by atoms with van der Waals surface area (Å²) >= 11 is 0. The van der Waals surface area contributed by atoms with Gasteiger partial charge in [0.25, 0.3) is 0 Å². The third kappa shape index (κ3) is 13.2. The van der Waals surface area contributed by atoms with Gasteiger partial charge in [-0.25, -0.2) is 0 Å².